The Morgan fingerprint density at radius 1 is 1.12 bits per heavy atom. The molecule has 0 bridgehead atoms. The fourth-order valence-electron chi connectivity index (χ4n) is 3.54. The van der Waals surface area contributed by atoms with Gasteiger partial charge in [0.25, 0.3) is 5.91 Å². The van der Waals surface area contributed by atoms with Gasteiger partial charge in [-0.15, -0.1) is 11.3 Å². The van der Waals surface area contributed by atoms with Crippen molar-refractivity contribution in [1.82, 2.24) is 10.3 Å². The van der Waals surface area contributed by atoms with Crippen LogP contribution in [0.15, 0.2) is 34.3 Å². The molecule has 0 spiro atoms. The number of anilines is 2. The van der Waals surface area contributed by atoms with Gasteiger partial charge in [-0.05, 0) is 49.8 Å². The molecule has 0 aliphatic carbocycles. The minimum absolute atomic E-state index is 0.0359. The first-order valence-corrected chi connectivity index (χ1v) is 12.4. The molecule has 9 heteroatoms. The number of nitrogens with one attached hydrogen (secondary N) is 1. The monoisotopic (exact) mass is 485 g/mol. The van der Waals surface area contributed by atoms with Gasteiger partial charge in [-0.3, -0.25) is 19.3 Å². The van der Waals surface area contributed by atoms with Gasteiger partial charge in [0.2, 0.25) is 5.91 Å². The molecule has 0 fully saturated rings. The Morgan fingerprint density at radius 3 is 2.48 bits per heavy atom. The number of nitrogens with zero attached hydrogens (tertiary/aromatic N) is 2. The molecule has 174 valence electrons. The second kappa shape index (κ2) is 11.2. The highest BCUT2D eigenvalue weighted by molar-refractivity contribution is 7.14. The summed E-state index contributed by atoms with van der Waals surface area (Å²) in [5.74, 6) is -0.635. The van der Waals surface area contributed by atoms with E-state index >= 15 is 0 Å². The van der Waals surface area contributed by atoms with Crippen LogP contribution in [-0.4, -0.2) is 29.3 Å². The fourth-order valence-corrected chi connectivity index (χ4v) is 5.03. The number of aryl methyl sites for hydroxylation is 3. The van der Waals surface area contributed by atoms with Crippen molar-refractivity contribution in [2.75, 3.05) is 11.4 Å². The Balaban J connectivity index is 1.53. The van der Waals surface area contributed by atoms with E-state index in [1.54, 1.807) is 21.7 Å². The van der Waals surface area contributed by atoms with Crippen molar-refractivity contribution in [2.24, 2.45) is 0 Å². The number of aromatic nitrogens is 1. The molecule has 3 rings (SSSR count). The minimum Gasteiger partial charge on any atom is -0.459 e. The maximum Gasteiger partial charge on any atom is 0.306 e. The standard InChI is InChI=1S/C24H27N3O4S2/c1-15-10-16(2)22(17(3)11-15)27(18(4)28)24-26-20(14-33-24)12-31-21(29)6-5-8-25-23(30)19-7-9-32-13-19/h7,9-11,13-14H,5-6,8,12H2,1-4H3,(H,25,30). The molecule has 0 radical (unpaired) electrons. The van der Waals surface area contributed by atoms with E-state index in [4.69, 9.17) is 4.74 Å². The molecule has 0 aliphatic heterocycles. The molecule has 0 atom stereocenters. The van der Waals surface area contributed by atoms with Crippen LogP contribution >= 0.6 is 22.7 Å². The average Bonchev–Trinajstić information content (AvgIpc) is 3.44. The number of thiophene rings is 1. The molecule has 0 saturated heterocycles. The lowest BCUT2D eigenvalue weighted by Crippen LogP contribution is -2.24. The molecule has 1 N–H and O–H groups in total. The highest BCUT2D eigenvalue weighted by Gasteiger charge is 2.22. The SMILES string of the molecule is CC(=O)N(c1nc(COC(=O)CCCNC(=O)c2ccsc2)cs1)c1c(C)cc(C)cc1C. The van der Waals surface area contributed by atoms with Crippen LogP contribution in [0.25, 0.3) is 0 Å². The third-order valence-corrected chi connectivity index (χ3v) is 6.47. The number of carbonyl (C=O) groups is 3. The number of hydrogen-bond donors (Lipinski definition) is 1. The summed E-state index contributed by atoms with van der Waals surface area (Å²) in [5.41, 5.74) is 5.17. The maximum atomic E-state index is 12.5. The van der Waals surface area contributed by atoms with Gasteiger partial charge in [0.15, 0.2) is 5.13 Å². The van der Waals surface area contributed by atoms with Crippen LogP contribution in [0.3, 0.4) is 0 Å². The summed E-state index contributed by atoms with van der Waals surface area (Å²) in [6, 6.07) is 5.83. The molecule has 7 nitrogen and oxygen atoms in total. The summed E-state index contributed by atoms with van der Waals surface area (Å²) in [6.45, 7) is 7.92. The van der Waals surface area contributed by atoms with Crippen LogP contribution in [0.2, 0.25) is 0 Å². The maximum absolute atomic E-state index is 12.5. The third kappa shape index (κ3) is 6.49. The summed E-state index contributed by atoms with van der Waals surface area (Å²) in [6.07, 6.45) is 0.684. The first-order chi connectivity index (χ1) is 15.8. The Hall–Kier alpha value is -3.04. The normalized spacial score (nSPS) is 10.7. The zero-order chi connectivity index (χ0) is 24.0. The molecule has 2 heterocycles. The van der Waals surface area contributed by atoms with Crippen LogP contribution in [-0.2, 0) is 20.9 Å². The van der Waals surface area contributed by atoms with Gasteiger partial charge < -0.3 is 10.1 Å². The number of carbonyl (C=O) groups excluding carboxylic acids is 3. The second-order valence-electron chi connectivity index (χ2n) is 7.76. The fraction of sp³-hybridized carbons (Fsp3) is 0.333. The van der Waals surface area contributed by atoms with Crippen LogP contribution in [0.4, 0.5) is 10.8 Å². The lowest BCUT2D eigenvalue weighted by Gasteiger charge is -2.23. The highest BCUT2D eigenvalue weighted by atomic mass is 32.1. The number of amides is 2. The summed E-state index contributed by atoms with van der Waals surface area (Å²) < 4.78 is 5.32. The van der Waals surface area contributed by atoms with E-state index in [-0.39, 0.29) is 30.8 Å². The molecular formula is C24H27N3O4S2. The van der Waals surface area contributed by atoms with Crippen LogP contribution < -0.4 is 10.2 Å². The van der Waals surface area contributed by atoms with Crippen molar-refractivity contribution in [3.05, 3.63) is 62.3 Å². The minimum atomic E-state index is -0.358. The molecule has 2 amide bonds. The van der Waals surface area contributed by atoms with Gasteiger partial charge in [-0.1, -0.05) is 17.7 Å². The molecule has 1 aromatic carbocycles. The zero-order valence-electron chi connectivity index (χ0n) is 19.1. The molecular weight excluding hydrogens is 458 g/mol. The number of hydrogen-bond acceptors (Lipinski definition) is 7. The first kappa shape index (κ1) is 24.6. The van der Waals surface area contributed by atoms with Crippen molar-refractivity contribution >= 4 is 51.3 Å². The number of esters is 1. The van der Waals surface area contributed by atoms with Crippen molar-refractivity contribution in [3.63, 3.8) is 0 Å². The summed E-state index contributed by atoms with van der Waals surface area (Å²) in [4.78, 5) is 42.5. The highest BCUT2D eigenvalue weighted by Crippen LogP contribution is 2.34. The van der Waals surface area contributed by atoms with Crippen LogP contribution in [0.1, 0.15) is 52.5 Å². The van der Waals surface area contributed by atoms with E-state index in [1.807, 2.05) is 38.3 Å². The topological polar surface area (TPSA) is 88.6 Å². The van der Waals surface area contributed by atoms with E-state index < -0.39 is 0 Å². The first-order valence-electron chi connectivity index (χ1n) is 10.5. The Labute approximate surface area is 201 Å². The van der Waals surface area contributed by atoms with Crippen molar-refractivity contribution < 1.29 is 19.1 Å². The van der Waals surface area contributed by atoms with Crippen LogP contribution in [0, 0.1) is 20.8 Å². The van der Waals surface area contributed by atoms with Gasteiger partial charge >= 0.3 is 5.97 Å². The van der Waals surface area contributed by atoms with Crippen molar-refractivity contribution in [2.45, 2.75) is 47.1 Å². The van der Waals surface area contributed by atoms with E-state index in [0.29, 0.717) is 29.4 Å². The van der Waals surface area contributed by atoms with Gasteiger partial charge in [-0.25, -0.2) is 4.98 Å². The number of thiazole rings is 1. The van der Waals surface area contributed by atoms with Gasteiger partial charge in [0.1, 0.15) is 6.61 Å². The average molecular weight is 486 g/mol. The molecule has 0 unspecified atom stereocenters. The van der Waals surface area contributed by atoms with Crippen molar-refractivity contribution in [1.29, 1.82) is 0 Å². The zero-order valence-corrected chi connectivity index (χ0v) is 20.8. The summed E-state index contributed by atoms with van der Waals surface area (Å²) in [7, 11) is 0. The Bertz CT molecular complexity index is 1120. The van der Waals surface area contributed by atoms with E-state index in [1.165, 1.54) is 29.6 Å². The van der Waals surface area contributed by atoms with Crippen LogP contribution in [0.5, 0.6) is 0 Å². The smallest absolute Gasteiger partial charge is 0.306 e. The molecule has 2 aromatic heterocycles. The second-order valence-corrected chi connectivity index (χ2v) is 9.37. The van der Waals surface area contributed by atoms with Gasteiger partial charge in [0, 0.05) is 36.2 Å². The molecule has 0 aliphatic rings. The van der Waals surface area contributed by atoms with E-state index in [9.17, 15) is 14.4 Å². The molecule has 0 saturated carbocycles. The molecule has 3 aromatic rings. The van der Waals surface area contributed by atoms with E-state index in [0.717, 1.165) is 22.4 Å². The predicted molar refractivity (Wildman–Crippen MR) is 131 cm³/mol. The number of rotatable bonds is 9. The quantitative estimate of drug-likeness (QED) is 0.338. The van der Waals surface area contributed by atoms with Gasteiger partial charge in [-0.2, -0.15) is 11.3 Å². The third-order valence-electron chi connectivity index (χ3n) is 4.91. The van der Waals surface area contributed by atoms with E-state index in [2.05, 4.69) is 10.3 Å². The van der Waals surface area contributed by atoms with Gasteiger partial charge in [0.05, 0.1) is 11.4 Å². The summed E-state index contributed by atoms with van der Waals surface area (Å²) >= 11 is 2.79. The number of ether oxygens (including phenoxy) is 1. The Morgan fingerprint density at radius 2 is 1.85 bits per heavy atom. The largest absolute Gasteiger partial charge is 0.459 e. The summed E-state index contributed by atoms with van der Waals surface area (Å²) in [5, 5.41) is 8.73. The lowest BCUT2D eigenvalue weighted by atomic mass is 10.0. The lowest BCUT2D eigenvalue weighted by molar-refractivity contribution is -0.145. The van der Waals surface area contributed by atoms with Crippen molar-refractivity contribution in [3.8, 4) is 0 Å². The Kier molecular flexibility index (Phi) is 8.35. The predicted octanol–water partition coefficient (Wildman–Crippen LogP) is 5.07. The molecule has 33 heavy (non-hydrogen) atoms. The number of benzene rings is 1.